The standard InChI is InChI=1S/C16H23ClN2OS/c1-12(9-13-3-5-14(17)6-4-13)19(2)16(20)10-15-11-21-8-7-18-15/h3-6,12,15,18H,7-11H2,1-2H3. The Morgan fingerprint density at radius 2 is 2.19 bits per heavy atom. The van der Waals surface area contributed by atoms with Gasteiger partial charge in [-0.2, -0.15) is 11.8 Å². The van der Waals surface area contributed by atoms with Crippen LogP contribution >= 0.6 is 23.4 Å². The van der Waals surface area contributed by atoms with Gasteiger partial charge in [0, 0.05) is 48.6 Å². The molecule has 0 saturated carbocycles. The van der Waals surface area contributed by atoms with E-state index in [0.717, 1.165) is 29.5 Å². The molecule has 2 rings (SSSR count). The third kappa shape index (κ3) is 5.20. The molecule has 21 heavy (non-hydrogen) atoms. The van der Waals surface area contributed by atoms with Gasteiger partial charge in [-0.1, -0.05) is 23.7 Å². The average Bonchev–Trinajstić information content (AvgIpc) is 2.49. The molecule has 1 aromatic carbocycles. The van der Waals surface area contributed by atoms with Crippen LogP contribution in [0.15, 0.2) is 24.3 Å². The lowest BCUT2D eigenvalue weighted by atomic mass is 10.1. The van der Waals surface area contributed by atoms with Gasteiger partial charge in [-0.3, -0.25) is 4.79 Å². The van der Waals surface area contributed by atoms with Crippen LogP contribution in [0.3, 0.4) is 0 Å². The largest absolute Gasteiger partial charge is 0.343 e. The first-order valence-electron chi connectivity index (χ1n) is 7.37. The molecule has 1 heterocycles. The summed E-state index contributed by atoms with van der Waals surface area (Å²) < 4.78 is 0. The minimum Gasteiger partial charge on any atom is -0.343 e. The second-order valence-corrected chi connectivity index (χ2v) is 7.20. The van der Waals surface area contributed by atoms with E-state index >= 15 is 0 Å². The van der Waals surface area contributed by atoms with E-state index in [1.807, 2.05) is 48.0 Å². The zero-order valence-corrected chi connectivity index (χ0v) is 14.2. The average molecular weight is 327 g/mol. The van der Waals surface area contributed by atoms with Crippen molar-refractivity contribution in [1.29, 1.82) is 0 Å². The minimum absolute atomic E-state index is 0.190. The molecule has 1 aliphatic rings. The van der Waals surface area contributed by atoms with Crippen molar-refractivity contribution < 1.29 is 4.79 Å². The van der Waals surface area contributed by atoms with Crippen molar-refractivity contribution in [1.82, 2.24) is 10.2 Å². The number of halogens is 1. The van der Waals surface area contributed by atoms with Crippen LogP contribution in [0, 0.1) is 0 Å². The smallest absolute Gasteiger partial charge is 0.224 e. The van der Waals surface area contributed by atoms with Gasteiger partial charge in [-0.15, -0.1) is 0 Å². The number of benzene rings is 1. The molecule has 1 N–H and O–H groups in total. The molecular weight excluding hydrogens is 304 g/mol. The van der Waals surface area contributed by atoms with Crippen molar-refractivity contribution in [2.75, 3.05) is 25.1 Å². The van der Waals surface area contributed by atoms with Gasteiger partial charge in [0.2, 0.25) is 5.91 Å². The fraction of sp³-hybridized carbons (Fsp3) is 0.562. The van der Waals surface area contributed by atoms with Gasteiger partial charge in [0.15, 0.2) is 0 Å². The summed E-state index contributed by atoms with van der Waals surface area (Å²) >= 11 is 7.82. The highest BCUT2D eigenvalue weighted by molar-refractivity contribution is 7.99. The Bertz CT molecular complexity index is 460. The lowest BCUT2D eigenvalue weighted by Gasteiger charge is -2.29. The quantitative estimate of drug-likeness (QED) is 0.903. The lowest BCUT2D eigenvalue weighted by Crippen LogP contribution is -2.44. The molecular formula is C16H23ClN2OS. The normalized spacial score (nSPS) is 20.0. The summed E-state index contributed by atoms with van der Waals surface area (Å²) in [6.07, 6.45) is 1.45. The summed E-state index contributed by atoms with van der Waals surface area (Å²) in [6, 6.07) is 8.35. The van der Waals surface area contributed by atoms with E-state index in [2.05, 4.69) is 12.2 Å². The summed E-state index contributed by atoms with van der Waals surface area (Å²) in [5, 5.41) is 4.16. The van der Waals surface area contributed by atoms with Crippen LogP contribution in [0.2, 0.25) is 5.02 Å². The van der Waals surface area contributed by atoms with Crippen LogP contribution in [0.5, 0.6) is 0 Å². The minimum atomic E-state index is 0.190. The van der Waals surface area contributed by atoms with Crippen molar-refractivity contribution in [2.45, 2.75) is 31.8 Å². The maximum absolute atomic E-state index is 12.4. The van der Waals surface area contributed by atoms with Crippen molar-refractivity contribution in [3.63, 3.8) is 0 Å². The van der Waals surface area contributed by atoms with Crippen molar-refractivity contribution in [3.05, 3.63) is 34.9 Å². The highest BCUT2D eigenvalue weighted by atomic mass is 35.5. The van der Waals surface area contributed by atoms with E-state index in [-0.39, 0.29) is 11.9 Å². The molecule has 3 nitrogen and oxygen atoms in total. The molecule has 1 saturated heterocycles. The zero-order chi connectivity index (χ0) is 15.2. The van der Waals surface area contributed by atoms with Crippen LogP contribution < -0.4 is 5.32 Å². The Kier molecular flexibility index (Phi) is 6.40. The summed E-state index contributed by atoms with van der Waals surface area (Å²) in [7, 11) is 1.90. The van der Waals surface area contributed by atoms with E-state index in [1.165, 1.54) is 5.56 Å². The third-order valence-electron chi connectivity index (χ3n) is 3.92. The summed E-state index contributed by atoms with van der Waals surface area (Å²) in [6.45, 7) is 3.10. The van der Waals surface area contributed by atoms with Crippen LogP contribution in [0.1, 0.15) is 18.9 Å². The fourth-order valence-corrected chi connectivity index (χ4v) is 3.53. The third-order valence-corrected chi connectivity index (χ3v) is 5.30. The molecule has 0 spiro atoms. The monoisotopic (exact) mass is 326 g/mol. The molecule has 0 radical (unpaired) electrons. The molecule has 2 unspecified atom stereocenters. The molecule has 5 heteroatoms. The van der Waals surface area contributed by atoms with Crippen molar-refractivity contribution >= 4 is 29.3 Å². The topological polar surface area (TPSA) is 32.3 Å². The number of nitrogens with one attached hydrogen (secondary N) is 1. The van der Waals surface area contributed by atoms with Gasteiger partial charge in [0.25, 0.3) is 0 Å². The lowest BCUT2D eigenvalue weighted by molar-refractivity contribution is -0.132. The zero-order valence-electron chi connectivity index (χ0n) is 12.6. The van der Waals surface area contributed by atoms with Crippen molar-refractivity contribution in [3.8, 4) is 0 Å². The number of rotatable bonds is 5. The first-order valence-corrected chi connectivity index (χ1v) is 8.90. The maximum atomic E-state index is 12.4. The van der Waals surface area contributed by atoms with E-state index in [0.29, 0.717) is 12.5 Å². The predicted molar refractivity (Wildman–Crippen MR) is 91.1 cm³/mol. The molecule has 1 aromatic rings. The van der Waals surface area contributed by atoms with Gasteiger partial charge in [-0.25, -0.2) is 0 Å². The number of amides is 1. The highest BCUT2D eigenvalue weighted by Crippen LogP contribution is 2.15. The SMILES string of the molecule is CC(Cc1ccc(Cl)cc1)N(C)C(=O)CC1CSCCN1. The molecule has 0 aromatic heterocycles. The molecule has 1 aliphatic heterocycles. The molecule has 0 aliphatic carbocycles. The Morgan fingerprint density at radius 1 is 1.48 bits per heavy atom. The number of hydrogen-bond acceptors (Lipinski definition) is 3. The first-order chi connectivity index (χ1) is 10.1. The molecule has 0 bridgehead atoms. The van der Waals surface area contributed by atoms with Gasteiger partial charge >= 0.3 is 0 Å². The Hall–Kier alpha value is -0.710. The number of carbonyl (C=O) groups is 1. The van der Waals surface area contributed by atoms with Gasteiger partial charge in [0.05, 0.1) is 0 Å². The molecule has 1 fully saturated rings. The summed E-state index contributed by atoms with van der Waals surface area (Å²) in [5.74, 6) is 2.40. The number of likely N-dealkylation sites (N-methyl/N-ethyl adjacent to an activating group) is 1. The Labute approximate surface area is 136 Å². The second-order valence-electron chi connectivity index (χ2n) is 5.61. The van der Waals surface area contributed by atoms with E-state index in [4.69, 9.17) is 11.6 Å². The second kappa shape index (κ2) is 8.06. The van der Waals surface area contributed by atoms with Crippen molar-refractivity contribution in [2.24, 2.45) is 0 Å². The number of hydrogen-bond donors (Lipinski definition) is 1. The Balaban J connectivity index is 1.84. The maximum Gasteiger partial charge on any atom is 0.224 e. The fourth-order valence-electron chi connectivity index (χ4n) is 2.45. The predicted octanol–water partition coefficient (Wildman–Crippen LogP) is 2.82. The Morgan fingerprint density at radius 3 is 2.81 bits per heavy atom. The number of carbonyl (C=O) groups excluding carboxylic acids is 1. The van der Waals surface area contributed by atoms with Gasteiger partial charge in [0.1, 0.15) is 0 Å². The summed E-state index contributed by atoms with van der Waals surface area (Å²) in [5.41, 5.74) is 1.21. The van der Waals surface area contributed by atoms with E-state index in [9.17, 15) is 4.79 Å². The number of nitrogens with zero attached hydrogens (tertiary/aromatic N) is 1. The summed E-state index contributed by atoms with van der Waals surface area (Å²) in [4.78, 5) is 14.2. The van der Waals surface area contributed by atoms with Crippen LogP contribution in [0.25, 0.3) is 0 Å². The van der Waals surface area contributed by atoms with Crippen LogP contribution in [-0.4, -0.2) is 48.0 Å². The van der Waals surface area contributed by atoms with Gasteiger partial charge < -0.3 is 10.2 Å². The van der Waals surface area contributed by atoms with Crippen LogP contribution in [-0.2, 0) is 11.2 Å². The molecule has 116 valence electrons. The first kappa shape index (κ1) is 16.7. The van der Waals surface area contributed by atoms with Gasteiger partial charge in [-0.05, 0) is 31.0 Å². The molecule has 2 atom stereocenters. The molecule has 1 amide bonds. The highest BCUT2D eigenvalue weighted by Gasteiger charge is 2.21. The van der Waals surface area contributed by atoms with Crippen LogP contribution in [0.4, 0.5) is 0 Å². The van der Waals surface area contributed by atoms with E-state index < -0.39 is 0 Å². The number of thioether (sulfide) groups is 1. The van der Waals surface area contributed by atoms with E-state index in [1.54, 1.807) is 0 Å².